The second-order valence-electron chi connectivity index (χ2n) is 12.7. The van der Waals surface area contributed by atoms with Gasteiger partial charge < -0.3 is 0 Å². The van der Waals surface area contributed by atoms with Crippen LogP contribution in [0.2, 0.25) is 0 Å². The average Bonchev–Trinajstić information content (AvgIpc) is 3.19. The van der Waals surface area contributed by atoms with Gasteiger partial charge in [0.25, 0.3) is 5.82 Å². The van der Waals surface area contributed by atoms with Crippen molar-refractivity contribution in [2.24, 2.45) is 7.05 Å². The Hall–Kier alpha value is -3.65. The molecule has 200 valence electrons. The molecule has 5 aromatic rings. The summed E-state index contributed by atoms with van der Waals surface area (Å²) in [4.78, 5) is 0. The summed E-state index contributed by atoms with van der Waals surface area (Å²) in [5.74, 6) is 1.95. The molecule has 0 aliphatic heterocycles. The number of fused-ring (bicyclic) bond motifs is 1. The quantitative estimate of drug-likeness (QED) is 0.206. The fourth-order valence-electron chi connectivity index (χ4n) is 5.80. The first-order valence-corrected chi connectivity index (χ1v) is 14.3. The van der Waals surface area contributed by atoms with Crippen molar-refractivity contribution in [2.75, 3.05) is 0 Å². The molecule has 0 unspecified atom stereocenters. The molecule has 39 heavy (non-hydrogen) atoms. The molecule has 0 saturated carbocycles. The van der Waals surface area contributed by atoms with Gasteiger partial charge in [0.2, 0.25) is 0 Å². The van der Waals surface area contributed by atoms with E-state index in [1.54, 1.807) is 0 Å². The maximum atomic E-state index is 2.58. The summed E-state index contributed by atoms with van der Waals surface area (Å²) in [7, 11) is 2.22. The number of aromatic nitrogens is 2. The Morgan fingerprint density at radius 1 is 0.692 bits per heavy atom. The molecule has 0 amide bonds. The number of rotatable bonds is 5. The van der Waals surface area contributed by atoms with Gasteiger partial charge >= 0.3 is 0 Å². The summed E-state index contributed by atoms with van der Waals surface area (Å²) in [6.07, 6.45) is 0. The van der Waals surface area contributed by atoms with Crippen LogP contribution in [0.1, 0.15) is 82.6 Å². The molecule has 0 saturated heterocycles. The van der Waals surface area contributed by atoms with E-state index in [-0.39, 0.29) is 5.41 Å². The predicted molar refractivity (Wildman–Crippen MR) is 167 cm³/mol. The van der Waals surface area contributed by atoms with Crippen LogP contribution in [0, 0.1) is 6.92 Å². The minimum Gasteiger partial charge on any atom is -0.225 e. The number of nitrogens with zero attached hydrogens (tertiary/aromatic N) is 2. The Balaban J connectivity index is 1.98. The molecule has 2 nitrogen and oxygen atoms in total. The smallest absolute Gasteiger partial charge is 0.225 e. The maximum Gasteiger partial charge on any atom is 0.295 e. The van der Waals surface area contributed by atoms with E-state index in [2.05, 4.69) is 157 Å². The molecule has 0 aliphatic rings. The van der Waals surface area contributed by atoms with Gasteiger partial charge in [-0.25, -0.2) is 4.57 Å². The van der Waals surface area contributed by atoms with Gasteiger partial charge in [0.1, 0.15) is 5.69 Å². The zero-order chi connectivity index (χ0) is 28.1. The summed E-state index contributed by atoms with van der Waals surface area (Å²) in [5, 5.41) is 0. The van der Waals surface area contributed by atoms with Crippen LogP contribution in [0.25, 0.3) is 39.2 Å². The average molecular weight is 516 g/mol. The Bertz CT molecular complexity index is 1610. The molecule has 1 aromatic heterocycles. The zero-order valence-electron chi connectivity index (χ0n) is 25.1. The first-order valence-electron chi connectivity index (χ1n) is 14.3. The first kappa shape index (κ1) is 26.9. The lowest BCUT2D eigenvalue weighted by Crippen LogP contribution is -2.30. The van der Waals surface area contributed by atoms with Crippen LogP contribution < -0.4 is 4.57 Å². The monoisotopic (exact) mass is 515 g/mol. The molecule has 0 fully saturated rings. The van der Waals surface area contributed by atoms with Gasteiger partial charge in [-0.3, -0.25) is 0 Å². The van der Waals surface area contributed by atoms with E-state index < -0.39 is 0 Å². The SMILES string of the molecule is Cc1ccccc1-c1n(-c2c(C(C)C)cc(-c3ccccc3)cc2C(C)C)c2cc(C(C)(C)C)ccc2[n+]1C. The van der Waals surface area contributed by atoms with E-state index in [9.17, 15) is 0 Å². The van der Waals surface area contributed by atoms with Crippen molar-refractivity contribution in [1.82, 2.24) is 4.57 Å². The third-order valence-electron chi connectivity index (χ3n) is 8.10. The molecule has 1 heterocycles. The molecular formula is C37H43N2+. The van der Waals surface area contributed by atoms with Gasteiger partial charge in [-0.15, -0.1) is 0 Å². The van der Waals surface area contributed by atoms with Crippen LogP contribution in [-0.2, 0) is 12.5 Å². The van der Waals surface area contributed by atoms with Crippen molar-refractivity contribution >= 4 is 11.0 Å². The van der Waals surface area contributed by atoms with Crippen LogP contribution >= 0.6 is 0 Å². The lowest BCUT2D eigenvalue weighted by Gasteiger charge is -2.21. The number of hydrogen-bond acceptors (Lipinski definition) is 0. The molecule has 0 atom stereocenters. The summed E-state index contributed by atoms with van der Waals surface area (Å²) in [5.41, 5.74) is 13.1. The number of aryl methyl sites for hydroxylation is 2. The summed E-state index contributed by atoms with van der Waals surface area (Å²) < 4.78 is 4.97. The molecule has 0 N–H and O–H groups in total. The summed E-state index contributed by atoms with van der Waals surface area (Å²) in [6.45, 7) is 18.5. The van der Waals surface area contributed by atoms with Gasteiger partial charge in [-0.2, -0.15) is 4.57 Å². The fourth-order valence-corrected chi connectivity index (χ4v) is 5.80. The highest BCUT2D eigenvalue weighted by Crippen LogP contribution is 2.40. The van der Waals surface area contributed by atoms with E-state index >= 15 is 0 Å². The third-order valence-corrected chi connectivity index (χ3v) is 8.10. The molecule has 5 rings (SSSR count). The Kier molecular flexibility index (Phi) is 7.01. The zero-order valence-corrected chi connectivity index (χ0v) is 25.1. The molecule has 4 aromatic carbocycles. The number of hydrogen-bond donors (Lipinski definition) is 0. The molecule has 0 radical (unpaired) electrons. The first-order chi connectivity index (χ1) is 18.5. The Morgan fingerprint density at radius 3 is 1.85 bits per heavy atom. The van der Waals surface area contributed by atoms with Crippen molar-refractivity contribution in [3.8, 4) is 28.2 Å². The van der Waals surface area contributed by atoms with Crippen LogP contribution in [0.3, 0.4) is 0 Å². The second kappa shape index (κ2) is 10.2. The maximum absolute atomic E-state index is 2.58. The van der Waals surface area contributed by atoms with Gasteiger partial charge in [0.05, 0.1) is 12.6 Å². The summed E-state index contributed by atoms with van der Waals surface area (Å²) >= 11 is 0. The van der Waals surface area contributed by atoms with Crippen LogP contribution in [0.15, 0.2) is 84.9 Å². The lowest BCUT2D eigenvalue weighted by atomic mass is 9.86. The van der Waals surface area contributed by atoms with E-state index in [0.717, 1.165) is 0 Å². The Morgan fingerprint density at radius 2 is 1.28 bits per heavy atom. The standard InChI is InChI=1S/C37H43N2/c1-24(2)31-21-28(27-16-11-10-12-17-27)22-32(25(3)4)35(31)39-34-23-29(37(6,7)8)19-20-33(34)38(9)36(39)30-18-14-13-15-26(30)5/h10-25H,1-9H3/q+1. The highest BCUT2D eigenvalue weighted by molar-refractivity contribution is 5.83. The van der Waals surface area contributed by atoms with Gasteiger partial charge in [0, 0.05) is 11.1 Å². The highest BCUT2D eigenvalue weighted by Gasteiger charge is 2.32. The molecule has 0 bridgehead atoms. The largest absolute Gasteiger partial charge is 0.295 e. The van der Waals surface area contributed by atoms with Crippen LogP contribution in [-0.4, -0.2) is 4.57 Å². The van der Waals surface area contributed by atoms with Crippen molar-refractivity contribution in [3.63, 3.8) is 0 Å². The van der Waals surface area contributed by atoms with E-state index in [4.69, 9.17) is 0 Å². The molecular weight excluding hydrogens is 472 g/mol. The van der Waals surface area contributed by atoms with E-state index in [1.165, 1.54) is 61.5 Å². The number of imidazole rings is 1. The minimum atomic E-state index is 0.0591. The van der Waals surface area contributed by atoms with Crippen LogP contribution in [0.4, 0.5) is 0 Å². The lowest BCUT2D eigenvalue weighted by molar-refractivity contribution is -0.633. The topological polar surface area (TPSA) is 8.81 Å². The van der Waals surface area contributed by atoms with Crippen molar-refractivity contribution in [2.45, 2.75) is 72.6 Å². The van der Waals surface area contributed by atoms with Crippen molar-refractivity contribution in [1.29, 1.82) is 0 Å². The third kappa shape index (κ3) is 4.82. The molecule has 2 heteroatoms. The van der Waals surface area contributed by atoms with Crippen molar-refractivity contribution < 1.29 is 4.57 Å². The second-order valence-corrected chi connectivity index (χ2v) is 12.7. The summed E-state index contributed by atoms with van der Waals surface area (Å²) in [6, 6.07) is 31.5. The van der Waals surface area contributed by atoms with Gasteiger partial charge in [0.15, 0.2) is 11.0 Å². The Labute approximate surface area is 235 Å². The van der Waals surface area contributed by atoms with Gasteiger partial charge in [-0.05, 0) is 76.8 Å². The minimum absolute atomic E-state index is 0.0591. The van der Waals surface area contributed by atoms with Gasteiger partial charge in [-0.1, -0.05) is 103 Å². The molecule has 0 spiro atoms. The van der Waals surface area contributed by atoms with E-state index in [1.807, 2.05) is 0 Å². The van der Waals surface area contributed by atoms with E-state index in [0.29, 0.717) is 11.8 Å². The van der Waals surface area contributed by atoms with Crippen LogP contribution in [0.5, 0.6) is 0 Å². The molecule has 0 aliphatic carbocycles. The fraction of sp³-hybridized carbons (Fsp3) is 0.324. The van der Waals surface area contributed by atoms with Crippen molar-refractivity contribution in [3.05, 3.63) is 107 Å². The number of benzene rings is 4. The normalized spacial score (nSPS) is 12.2. The predicted octanol–water partition coefficient (Wildman–Crippen LogP) is 9.64. The highest BCUT2D eigenvalue weighted by atomic mass is 15.2.